The van der Waals surface area contributed by atoms with Gasteiger partial charge in [-0.1, -0.05) is 20.3 Å². The molecule has 0 saturated heterocycles. The molecule has 0 aromatic rings. The highest BCUT2D eigenvalue weighted by Crippen LogP contribution is 2.31. The summed E-state index contributed by atoms with van der Waals surface area (Å²) in [6.45, 7) is 7.87. The van der Waals surface area contributed by atoms with Crippen molar-refractivity contribution >= 4 is 5.91 Å². The quantitative estimate of drug-likeness (QED) is 0.622. The fraction of sp³-hybridized carbons (Fsp3) is 0.824. The second-order valence-electron chi connectivity index (χ2n) is 6.23. The first-order valence-corrected chi connectivity index (χ1v) is 8.32. The van der Waals surface area contributed by atoms with Crippen LogP contribution in [0.2, 0.25) is 0 Å². The van der Waals surface area contributed by atoms with Crippen molar-refractivity contribution in [2.24, 2.45) is 5.92 Å². The molecule has 5 heteroatoms. The van der Waals surface area contributed by atoms with E-state index < -0.39 is 0 Å². The van der Waals surface area contributed by atoms with Gasteiger partial charge < -0.3 is 4.90 Å². The van der Waals surface area contributed by atoms with E-state index in [1.165, 1.54) is 12.8 Å². The third-order valence-corrected chi connectivity index (χ3v) is 4.66. The third kappa shape index (κ3) is 5.66. The van der Waals surface area contributed by atoms with Gasteiger partial charge in [0.15, 0.2) is 0 Å². The van der Waals surface area contributed by atoms with Crippen LogP contribution < -0.4 is 0 Å². The number of carbonyl (C=O) groups excluding carboxylic acids is 1. The summed E-state index contributed by atoms with van der Waals surface area (Å²) >= 11 is 0. The topological polar surface area (TPSA) is 71.1 Å². The molecule has 2 atom stereocenters. The molecule has 0 spiro atoms. The SMILES string of the molecule is CC[C@H](C)[C@H](C)N(CC(=O)N(CCC#N)CCC#N)C1CC1. The van der Waals surface area contributed by atoms with Crippen molar-refractivity contribution in [3.8, 4) is 12.1 Å². The number of hydrogen-bond acceptors (Lipinski definition) is 4. The Morgan fingerprint density at radius 3 is 2.14 bits per heavy atom. The first-order chi connectivity index (χ1) is 10.5. The maximum absolute atomic E-state index is 12.6. The molecular formula is C17H28N4O. The Morgan fingerprint density at radius 1 is 1.18 bits per heavy atom. The Kier molecular flexibility index (Phi) is 7.91. The smallest absolute Gasteiger partial charge is 0.236 e. The van der Waals surface area contributed by atoms with Gasteiger partial charge in [-0.15, -0.1) is 0 Å². The molecule has 1 fully saturated rings. The van der Waals surface area contributed by atoms with Crippen molar-refractivity contribution in [2.45, 2.75) is 65.0 Å². The summed E-state index contributed by atoms with van der Waals surface area (Å²) in [6, 6.07) is 5.07. The lowest BCUT2D eigenvalue weighted by molar-refractivity contribution is -0.133. The Bertz CT molecular complexity index is 415. The molecule has 0 radical (unpaired) electrons. The zero-order valence-electron chi connectivity index (χ0n) is 14.1. The van der Waals surface area contributed by atoms with Crippen LogP contribution in [0.1, 0.15) is 52.9 Å². The van der Waals surface area contributed by atoms with E-state index in [4.69, 9.17) is 10.5 Å². The molecule has 1 aliphatic carbocycles. The van der Waals surface area contributed by atoms with Crippen molar-refractivity contribution in [1.29, 1.82) is 10.5 Å². The van der Waals surface area contributed by atoms with Gasteiger partial charge in [0, 0.05) is 25.2 Å². The van der Waals surface area contributed by atoms with E-state index in [-0.39, 0.29) is 5.91 Å². The van der Waals surface area contributed by atoms with Crippen LogP contribution in [-0.2, 0) is 4.79 Å². The lowest BCUT2D eigenvalue weighted by atomic mass is 9.99. The molecule has 1 amide bonds. The lowest BCUT2D eigenvalue weighted by Crippen LogP contribution is -2.47. The van der Waals surface area contributed by atoms with Gasteiger partial charge in [0.1, 0.15) is 0 Å². The van der Waals surface area contributed by atoms with Crippen LogP contribution in [0.5, 0.6) is 0 Å². The van der Waals surface area contributed by atoms with Crippen LogP contribution >= 0.6 is 0 Å². The minimum Gasteiger partial charge on any atom is -0.340 e. The van der Waals surface area contributed by atoms with Crippen LogP contribution in [0.4, 0.5) is 0 Å². The van der Waals surface area contributed by atoms with Gasteiger partial charge in [-0.05, 0) is 25.7 Å². The number of carbonyl (C=O) groups is 1. The largest absolute Gasteiger partial charge is 0.340 e. The monoisotopic (exact) mass is 304 g/mol. The van der Waals surface area contributed by atoms with Gasteiger partial charge in [-0.25, -0.2) is 0 Å². The first-order valence-electron chi connectivity index (χ1n) is 8.32. The second-order valence-corrected chi connectivity index (χ2v) is 6.23. The summed E-state index contributed by atoms with van der Waals surface area (Å²) in [5.41, 5.74) is 0. The summed E-state index contributed by atoms with van der Waals surface area (Å²) in [5, 5.41) is 17.5. The number of hydrogen-bond donors (Lipinski definition) is 0. The Balaban J connectivity index is 2.66. The summed E-state index contributed by atoms with van der Waals surface area (Å²) in [4.78, 5) is 16.6. The Hall–Kier alpha value is -1.59. The van der Waals surface area contributed by atoms with E-state index in [0.29, 0.717) is 50.5 Å². The average Bonchev–Trinajstić information content (AvgIpc) is 3.35. The molecule has 122 valence electrons. The molecule has 0 bridgehead atoms. The average molecular weight is 304 g/mol. The van der Waals surface area contributed by atoms with E-state index in [1.807, 2.05) is 0 Å². The summed E-state index contributed by atoms with van der Waals surface area (Å²) in [5.74, 6) is 0.604. The zero-order valence-corrected chi connectivity index (χ0v) is 14.1. The molecule has 5 nitrogen and oxygen atoms in total. The second kappa shape index (κ2) is 9.43. The van der Waals surface area contributed by atoms with Crippen molar-refractivity contribution < 1.29 is 4.79 Å². The number of amides is 1. The molecule has 0 aliphatic heterocycles. The summed E-state index contributed by atoms with van der Waals surface area (Å²) in [6.07, 6.45) is 4.09. The number of nitrogens with zero attached hydrogens (tertiary/aromatic N) is 4. The predicted molar refractivity (Wildman–Crippen MR) is 85.7 cm³/mol. The predicted octanol–water partition coefficient (Wildman–Crippen LogP) is 2.54. The summed E-state index contributed by atoms with van der Waals surface area (Å²) in [7, 11) is 0. The molecule has 0 heterocycles. The normalized spacial score (nSPS) is 16.6. The molecule has 0 aromatic heterocycles. The molecular weight excluding hydrogens is 276 g/mol. The Morgan fingerprint density at radius 2 is 1.73 bits per heavy atom. The van der Waals surface area contributed by atoms with Crippen LogP contribution in [0, 0.1) is 28.6 Å². The van der Waals surface area contributed by atoms with Crippen molar-refractivity contribution in [3.63, 3.8) is 0 Å². The Labute approximate surface area is 134 Å². The molecule has 0 N–H and O–H groups in total. The molecule has 22 heavy (non-hydrogen) atoms. The summed E-state index contributed by atoms with van der Waals surface area (Å²) < 4.78 is 0. The fourth-order valence-corrected chi connectivity index (χ4v) is 2.67. The van der Waals surface area contributed by atoms with Crippen LogP contribution in [0.3, 0.4) is 0 Å². The van der Waals surface area contributed by atoms with E-state index in [0.717, 1.165) is 6.42 Å². The first kappa shape index (κ1) is 18.5. The molecule has 1 aliphatic rings. The van der Waals surface area contributed by atoms with Gasteiger partial charge in [-0.3, -0.25) is 9.69 Å². The van der Waals surface area contributed by atoms with E-state index >= 15 is 0 Å². The highest BCUT2D eigenvalue weighted by Gasteiger charge is 2.35. The maximum Gasteiger partial charge on any atom is 0.236 e. The van der Waals surface area contributed by atoms with Crippen LogP contribution in [0.25, 0.3) is 0 Å². The lowest BCUT2D eigenvalue weighted by Gasteiger charge is -2.34. The number of rotatable bonds is 10. The number of nitriles is 2. The van der Waals surface area contributed by atoms with Gasteiger partial charge in [-0.2, -0.15) is 10.5 Å². The van der Waals surface area contributed by atoms with E-state index in [2.05, 4.69) is 37.8 Å². The van der Waals surface area contributed by atoms with Gasteiger partial charge in [0.2, 0.25) is 5.91 Å². The van der Waals surface area contributed by atoms with E-state index in [9.17, 15) is 4.79 Å². The molecule has 1 rings (SSSR count). The highest BCUT2D eigenvalue weighted by molar-refractivity contribution is 5.78. The fourth-order valence-electron chi connectivity index (χ4n) is 2.67. The van der Waals surface area contributed by atoms with Crippen molar-refractivity contribution in [1.82, 2.24) is 9.80 Å². The zero-order chi connectivity index (χ0) is 16.5. The molecule has 0 aromatic carbocycles. The van der Waals surface area contributed by atoms with Crippen molar-refractivity contribution in [2.75, 3.05) is 19.6 Å². The van der Waals surface area contributed by atoms with Crippen LogP contribution in [0.15, 0.2) is 0 Å². The van der Waals surface area contributed by atoms with Gasteiger partial charge in [0.25, 0.3) is 0 Å². The third-order valence-electron chi connectivity index (χ3n) is 4.66. The highest BCUT2D eigenvalue weighted by atomic mass is 16.2. The minimum atomic E-state index is 0.0487. The standard InChI is InChI=1S/C17H28N4O/c1-4-14(2)15(3)21(16-7-8-16)13-17(22)20(11-5-9-18)12-6-10-19/h14-16H,4-8,11-13H2,1-3H3/t14-,15-/m0/s1. The molecule has 0 unspecified atom stereocenters. The van der Waals surface area contributed by atoms with Gasteiger partial charge >= 0.3 is 0 Å². The maximum atomic E-state index is 12.6. The van der Waals surface area contributed by atoms with Crippen molar-refractivity contribution in [3.05, 3.63) is 0 Å². The molecule has 1 saturated carbocycles. The van der Waals surface area contributed by atoms with Gasteiger partial charge in [0.05, 0.1) is 31.5 Å². The minimum absolute atomic E-state index is 0.0487. The van der Waals surface area contributed by atoms with Crippen LogP contribution in [-0.4, -0.2) is 47.4 Å². The van der Waals surface area contributed by atoms with E-state index in [1.54, 1.807) is 4.90 Å².